The second-order valence-electron chi connectivity index (χ2n) is 5.93. The fourth-order valence-corrected chi connectivity index (χ4v) is 4.83. The number of hydrogen-bond donors (Lipinski definition) is 1. The van der Waals surface area contributed by atoms with E-state index < -0.39 is 10.1 Å². The molecule has 130 valence electrons. The summed E-state index contributed by atoms with van der Waals surface area (Å²) in [4.78, 5) is 6.19. The van der Waals surface area contributed by atoms with Gasteiger partial charge in [-0.25, -0.2) is 4.98 Å². The van der Waals surface area contributed by atoms with Gasteiger partial charge in [0.25, 0.3) is 10.1 Å². The van der Waals surface area contributed by atoms with Gasteiger partial charge in [0.15, 0.2) is 0 Å². The molecule has 2 aromatic heterocycles. The molecule has 26 heavy (non-hydrogen) atoms. The molecule has 0 radical (unpaired) electrons. The Balaban J connectivity index is 1.87. The Labute approximate surface area is 155 Å². The molecule has 0 amide bonds. The zero-order chi connectivity index (χ0) is 18.1. The normalized spacial score (nSPS) is 11.7. The second kappa shape index (κ2) is 6.64. The van der Waals surface area contributed by atoms with Gasteiger partial charge >= 0.3 is 0 Å². The van der Waals surface area contributed by atoms with Gasteiger partial charge in [-0.15, -0.1) is 11.3 Å². The van der Waals surface area contributed by atoms with Crippen LogP contribution in [0.1, 0.15) is 4.88 Å². The fraction of sp³-hybridized carbons (Fsp3) is 0.0500. The minimum absolute atomic E-state index is 0.378. The van der Waals surface area contributed by atoms with E-state index in [1.807, 2.05) is 54.6 Å². The van der Waals surface area contributed by atoms with Crippen molar-refractivity contribution in [1.82, 2.24) is 4.98 Å². The van der Waals surface area contributed by atoms with Crippen LogP contribution in [0.3, 0.4) is 0 Å². The van der Waals surface area contributed by atoms with Gasteiger partial charge in [-0.05, 0) is 35.4 Å². The summed E-state index contributed by atoms with van der Waals surface area (Å²) in [5, 5.41) is 1.07. The summed E-state index contributed by atoms with van der Waals surface area (Å²) in [5.41, 5.74) is 3.85. The summed E-state index contributed by atoms with van der Waals surface area (Å²) in [6, 6.07) is 23.6. The zero-order valence-corrected chi connectivity index (χ0v) is 15.3. The lowest BCUT2D eigenvalue weighted by atomic mass is 10.00. The van der Waals surface area contributed by atoms with E-state index in [9.17, 15) is 8.42 Å². The number of rotatable bonds is 4. The quantitative estimate of drug-likeness (QED) is 0.504. The molecule has 0 aliphatic rings. The average Bonchev–Trinajstić information content (AvgIpc) is 3.08. The van der Waals surface area contributed by atoms with Gasteiger partial charge in [0, 0.05) is 10.3 Å². The number of benzene rings is 2. The predicted octanol–water partition coefficient (Wildman–Crippen LogP) is 5.02. The van der Waals surface area contributed by atoms with Crippen LogP contribution in [0.4, 0.5) is 0 Å². The molecule has 0 spiro atoms. The molecule has 2 heterocycles. The highest BCUT2D eigenvalue weighted by Crippen LogP contribution is 2.34. The zero-order valence-electron chi connectivity index (χ0n) is 13.7. The molecular formula is C20H15NO3S2. The smallest absolute Gasteiger partial charge is 0.269 e. The molecular weight excluding hydrogens is 366 g/mol. The van der Waals surface area contributed by atoms with Crippen molar-refractivity contribution in [2.24, 2.45) is 0 Å². The van der Waals surface area contributed by atoms with Gasteiger partial charge in [0.2, 0.25) is 0 Å². The Hall–Kier alpha value is -2.54. The maximum atomic E-state index is 11.1. The van der Waals surface area contributed by atoms with Crippen molar-refractivity contribution in [3.63, 3.8) is 0 Å². The fourth-order valence-electron chi connectivity index (χ4n) is 2.93. The Bertz CT molecular complexity index is 1180. The van der Waals surface area contributed by atoms with E-state index in [1.165, 1.54) is 11.3 Å². The van der Waals surface area contributed by atoms with Crippen molar-refractivity contribution >= 4 is 32.4 Å². The summed E-state index contributed by atoms with van der Waals surface area (Å²) in [6.45, 7) is 0. The average molecular weight is 381 g/mol. The summed E-state index contributed by atoms with van der Waals surface area (Å²) >= 11 is 1.32. The highest BCUT2D eigenvalue weighted by Gasteiger charge is 2.13. The van der Waals surface area contributed by atoms with E-state index in [4.69, 9.17) is 9.54 Å². The molecule has 1 N–H and O–H groups in total. The molecule has 0 atom stereocenters. The van der Waals surface area contributed by atoms with Gasteiger partial charge in [0.05, 0.1) is 16.1 Å². The standard InChI is InChI=1S/C20H15NO3S2/c22-26(23,24)13-15-10-11-20(25-15)19-12-17(14-6-2-1-3-7-14)16-8-4-5-9-18(16)21-19/h1-12H,13H2,(H,22,23,24). The molecule has 4 aromatic rings. The van der Waals surface area contributed by atoms with Crippen molar-refractivity contribution in [3.05, 3.63) is 77.7 Å². The maximum Gasteiger partial charge on any atom is 0.269 e. The molecule has 6 heteroatoms. The van der Waals surface area contributed by atoms with E-state index >= 15 is 0 Å². The van der Waals surface area contributed by atoms with Crippen LogP contribution in [-0.2, 0) is 15.9 Å². The van der Waals surface area contributed by atoms with Gasteiger partial charge < -0.3 is 0 Å². The van der Waals surface area contributed by atoms with Crippen LogP contribution in [0.25, 0.3) is 32.6 Å². The monoisotopic (exact) mass is 381 g/mol. The number of nitrogens with zero attached hydrogens (tertiary/aromatic N) is 1. The highest BCUT2D eigenvalue weighted by atomic mass is 32.2. The number of hydrogen-bond acceptors (Lipinski definition) is 4. The molecule has 0 saturated heterocycles. The summed E-state index contributed by atoms with van der Waals surface area (Å²) in [7, 11) is -4.04. The largest absolute Gasteiger partial charge is 0.285 e. The predicted molar refractivity (Wildman–Crippen MR) is 106 cm³/mol. The van der Waals surface area contributed by atoms with Crippen molar-refractivity contribution in [2.45, 2.75) is 5.75 Å². The third-order valence-electron chi connectivity index (χ3n) is 4.04. The molecule has 0 bridgehead atoms. The summed E-state index contributed by atoms with van der Waals surface area (Å²) < 4.78 is 31.3. The molecule has 4 rings (SSSR count). The van der Waals surface area contributed by atoms with E-state index in [1.54, 1.807) is 6.07 Å². The Kier molecular flexibility index (Phi) is 4.32. The molecule has 0 saturated carbocycles. The first-order valence-corrected chi connectivity index (χ1v) is 10.4. The van der Waals surface area contributed by atoms with Crippen LogP contribution < -0.4 is 0 Å². The van der Waals surface area contributed by atoms with E-state index in [0.29, 0.717) is 4.88 Å². The van der Waals surface area contributed by atoms with E-state index in [2.05, 4.69) is 12.1 Å². The second-order valence-corrected chi connectivity index (χ2v) is 8.55. The van der Waals surface area contributed by atoms with Crippen molar-refractivity contribution in [2.75, 3.05) is 0 Å². The van der Waals surface area contributed by atoms with Crippen molar-refractivity contribution in [1.29, 1.82) is 0 Å². The SMILES string of the molecule is O=S(=O)(O)Cc1ccc(-c2cc(-c3ccccc3)c3ccccc3n2)s1. The topological polar surface area (TPSA) is 67.3 Å². The molecule has 0 aliphatic heterocycles. The number of fused-ring (bicyclic) bond motifs is 1. The van der Waals surface area contributed by atoms with Crippen LogP contribution in [0.15, 0.2) is 72.8 Å². The number of aromatic nitrogens is 1. The number of pyridine rings is 1. The van der Waals surface area contributed by atoms with Crippen LogP contribution in [0, 0.1) is 0 Å². The lowest BCUT2D eigenvalue weighted by Crippen LogP contribution is -1.99. The number of para-hydroxylation sites is 1. The molecule has 0 unspecified atom stereocenters. The first-order valence-electron chi connectivity index (χ1n) is 7.99. The lowest BCUT2D eigenvalue weighted by Gasteiger charge is -2.09. The minimum atomic E-state index is -4.04. The van der Waals surface area contributed by atoms with E-state index in [0.717, 1.165) is 32.6 Å². The Morgan fingerprint density at radius 3 is 2.42 bits per heavy atom. The lowest BCUT2D eigenvalue weighted by molar-refractivity contribution is 0.482. The van der Waals surface area contributed by atoms with Crippen molar-refractivity contribution in [3.8, 4) is 21.7 Å². The number of thiophene rings is 1. The van der Waals surface area contributed by atoms with Gasteiger partial charge in [-0.1, -0.05) is 48.5 Å². The maximum absolute atomic E-state index is 11.1. The minimum Gasteiger partial charge on any atom is -0.285 e. The third kappa shape index (κ3) is 3.53. The Morgan fingerprint density at radius 1 is 0.923 bits per heavy atom. The molecule has 2 aromatic carbocycles. The van der Waals surface area contributed by atoms with Crippen LogP contribution in [0.5, 0.6) is 0 Å². The van der Waals surface area contributed by atoms with Gasteiger partial charge in [0.1, 0.15) is 5.75 Å². The molecule has 0 aliphatic carbocycles. The molecule has 4 nitrogen and oxygen atoms in total. The Morgan fingerprint density at radius 2 is 1.65 bits per heavy atom. The first-order chi connectivity index (χ1) is 12.5. The van der Waals surface area contributed by atoms with Gasteiger partial charge in [-0.2, -0.15) is 8.42 Å². The van der Waals surface area contributed by atoms with Crippen LogP contribution in [-0.4, -0.2) is 18.0 Å². The van der Waals surface area contributed by atoms with Gasteiger partial charge in [-0.3, -0.25) is 4.55 Å². The van der Waals surface area contributed by atoms with Crippen LogP contribution in [0.2, 0.25) is 0 Å². The summed E-state index contributed by atoms with van der Waals surface area (Å²) in [6.07, 6.45) is 0. The third-order valence-corrected chi connectivity index (χ3v) is 6.01. The van der Waals surface area contributed by atoms with E-state index in [-0.39, 0.29) is 5.75 Å². The highest BCUT2D eigenvalue weighted by molar-refractivity contribution is 7.85. The van der Waals surface area contributed by atoms with Crippen molar-refractivity contribution < 1.29 is 13.0 Å². The summed E-state index contributed by atoms with van der Waals surface area (Å²) in [5.74, 6) is -0.378. The molecule has 0 fully saturated rings. The van der Waals surface area contributed by atoms with Crippen LogP contribution >= 0.6 is 11.3 Å². The first kappa shape index (κ1) is 16.9.